The zero-order chi connectivity index (χ0) is 67.2. The number of phenolic OH excluding ortho intramolecular Hbond substituents is 1. The van der Waals surface area contributed by atoms with Crippen LogP contribution in [0.5, 0.6) is 23.0 Å². The van der Waals surface area contributed by atoms with E-state index in [4.69, 9.17) is 19.4 Å². The Bertz CT molecular complexity index is 3440. The fourth-order valence-electron chi connectivity index (χ4n) is 10.5. The molecule has 1 aromatic heterocycles. The Morgan fingerprint density at radius 2 is 1.36 bits per heavy atom. The fourth-order valence-corrected chi connectivity index (χ4v) is 11.7. The summed E-state index contributed by atoms with van der Waals surface area (Å²) in [4.78, 5) is 115. The Morgan fingerprint density at radius 1 is 0.755 bits per heavy atom. The van der Waals surface area contributed by atoms with Crippen LogP contribution < -0.4 is 80.8 Å². The molecule has 14 atom stereocenters. The van der Waals surface area contributed by atoms with Gasteiger partial charge < -0.3 is 102 Å². The molecule has 15 N–H and O–H groups in total. The number of β-amino-alcohol motifs (C(OH)–C–C–N with tert-alkyl or cyclic N) is 1. The molecule has 94 heavy (non-hydrogen) atoms. The molecule has 8 rings (SSSR count). The number of para-hydroxylation sites is 1. The summed E-state index contributed by atoms with van der Waals surface area (Å²) >= 11 is 1.17. The number of carbonyl (C=O) groups is 8. The Balaban J connectivity index is 0.0000125. The van der Waals surface area contributed by atoms with Gasteiger partial charge in [-0.1, -0.05) is 54.7 Å². The molecule has 32 nitrogen and oxygen atoms in total. The normalized spacial score (nSPS) is 24.5. The fraction of sp³-hybridized carbons (Fsp3) is 0.424. The minimum Gasteiger partial charge on any atom is -0.691 e. The smallest absolute Gasteiger partial charge is 0.691 e. The number of ether oxygens (including phenoxy) is 2. The van der Waals surface area contributed by atoms with Crippen LogP contribution >= 0.6 is 23.7 Å². The number of aliphatic hydroxyl groups is 7. The van der Waals surface area contributed by atoms with Crippen molar-refractivity contribution in [2.75, 3.05) is 32.8 Å². The second-order valence-electron chi connectivity index (χ2n) is 22.2. The van der Waals surface area contributed by atoms with Gasteiger partial charge in [-0.25, -0.2) is 0 Å². The summed E-state index contributed by atoms with van der Waals surface area (Å²) in [5.41, 5.74) is 6.30. The number of phenols is 1. The number of nitrogens with zero attached hydrogens (tertiary/aromatic N) is 4. The molecule has 13 unspecified atom stereocenters. The molecule has 0 bridgehead atoms. The van der Waals surface area contributed by atoms with E-state index in [0.29, 0.717) is 45.9 Å². The van der Waals surface area contributed by atoms with Gasteiger partial charge in [-0.2, -0.15) is 0 Å². The van der Waals surface area contributed by atoms with Crippen LogP contribution in [0.15, 0.2) is 97.1 Å². The number of hydrogen-bond donors (Lipinski definition) is 14. The second-order valence-corrected chi connectivity index (χ2v) is 23.6. The summed E-state index contributed by atoms with van der Waals surface area (Å²) < 4.78 is 20.6. The quantitative estimate of drug-likeness (QED) is 0.0107. The van der Waals surface area contributed by atoms with Crippen LogP contribution in [0.3, 0.4) is 0 Å². The van der Waals surface area contributed by atoms with Gasteiger partial charge in [-0.05, 0) is 73.2 Å². The maximum atomic E-state index is 14.7. The predicted molar refractivity (Wildman–Crippen MR) is 321 cm³/mol. The van der Waals surface area contributed by atoms with Crippen molar-refractivity contribution < 1.29 is 137 Å². The van der Waals surface area contributed by atoms with Gasteiger partial charge in [0, 0.05) is 61.5 Å². The van der Waals surface area contributed by atoms with E-state index < -0.39 is 183 Å². The van der Waals surface area contributed by atoms with Crippen molar-refractivity contribution >= 4 is 70.9 Å². The maximum Gasteiger partial charge on any atom is 1.00 e. The van der Waals surface area contributed by atoms with Crippen LogP contribution in [0, 0.1) is 5.92 Å². The van der Waals surface area contributed by atoms with Gasteiger partial charge >= 0.3 is 29.6 Å². The van der Waals surface area contributed by atoms with E-state index >= 15 is 0 Å². The average Bonchev–Trinajstić information content (AvgIpc) is 1.59. The predicted octanol–water partition coefficient (Wildman–Crippen LogP) is -6.09. The first-order valence-corrected chi connectivity index (χ1v) is 30.5. The number of hydrogen-bond acceptors (Lipinski definition) is 26. The standard InChI is InChI=1S/C59H70N10O22S2.Na/c1-28-26-69-47(48(28)76)55(83)61-25-34(71)22-38(62-51(79)30-9-11-31(12-10-30)56-66-67-57(92-56)32-13-16-37(17-14-32)88-20-6-19-87-36-7-4-3-5-8-36)52(80)63-44(29(2)70)58(84)68-27-35(72)23-39(68)53(81)65-46(54(82)64-45(59(69)85)41(74)24-43(60)75)50(78)49(77)33-15-18-40(73)42(21-33)89-93-91-90-86;/h3-5,7-18,21,28-29,34-35,38-39,41,44-50,70-74,76-78,86H,6,19-20,22-27H2,1-2H3,(H2,60,75)(H,61,83)(H,62,79)(H,63,80)(H,64,82)(H,65,81);/q;+1/p-1/t28?,29?,34?,35?,38-,39?,41?,44?,45?,46?,47?,48?,49?,50?;/m0./s1. The molecule has 500 valence electrons. The summed E-state index contributed by atoms with van der Waals surface area (Å²) in [6.07, 6.45) is -15.6. The van der Waals surface area contributed by atoms with Gasteiger partial charge in [-0.3, -0.25) is 43.4 Å². The summed E-state index contributed by atoms with van der Waals surface area (Å²) in [6.45, 7) is 1.55. The van der Waals surface area contributed by atoms with E-state index in [1.54, 1.807) is 24.3 Å². The number of carbonyl (C=O) groups excluding carboxylic acids is 8. The molecule has 8 amide bonds. The Morgan fingerprint density at radius 3 is 1.99 bits per heavy atom. The summed E-state index contributed by atoms with van der Waals surface area (Å²) in [6, 6.07) is 13.2. The number of amides is 8. The third kappa shape index (κ3) is 18.8. The van der Waals surface area contributed by atoms with Crippen LogP contribution in [-0.4, -0.2) is 214 Å². The summed E-state index contributed by atoms with van der Waals surface area (Å²) in [7, 11) is 0. The van der Waals surface area contributed by atoms with Crippen LogP contribution in [0.1, 0.15) is 61.6 Å². The van der Waals surface area contributed by atoms with Crippen molar-refractivity contribution in [1.29, 1.82) is 0 Å². The summed E-state index contributed by atoms with van der Waals surface area (Å²) in [5.74, 6) is -10.6. The van der Waals surface area contributed by atoms with E-state index in [2.05, 4.69) is 46.2 Å². The number of primary amides is 1. The minimum atomic E-state index is -2.54. The number of nitrogens with one attached hydrogen (secondary N) is 5. The molecule has 0 spiro atoms. The van der Waals surface area contributed by atoms with Crippen molar-refractivity contribution in [3.05, 3.63) is 108 Å². The molecule has 0 aliphatic carbocycles. The number of benzene rings is 4. The van der Waals surface area contributed by atoms with E-state index in [-0.39, 0.29) is 53.0 Å². The molecule has 3 saturated heterocycles. The molecule has 0 radical (unpaired) electrons. The molecule has 3 fully saturated rings. The van der Waals surface area contributed by atoms with Gasteiger partial charge in [0.05, 0.1) is 50.2 Å². The minimum absolute atomic E-state index is 0. The first-order valence-electron chi connectivity index (χ1n) is 29.1. The van der Waals surface area contributed by atoms with Crippen LogP contribution in [0.2, 0.25) is 0 Å². The van der Waals surface area contributed by atoms with E-state index in [9.17, 15) is 84.5 Å². The number of aromatic nitrogens is 2. The number of aromatic hydroxyl groups is 1. The maximum absolute atomic E-state index is 14.7. The van der Waals surface area contributed by atoms with Gasteiger partial charge in [0.1, 0.15) is 70.0 Å². The van der Waals surface area contributed by atoms with E-state index in [1.807, 2.05) is 42.5 Å². The zero-order valence-electron chi connectivity index (χ0n) is 50.7. The van der Waals surface area contributed by atoms with Crippen molar-refractivity contribution in [2.45, 2.75) is 119 Å². The Hall–Kier alpha value is -7.65. The first kappa shape index (κ1) is 73.8. The van der Waals surface area contributed by atoms with Crippen molar-refractivity contribution in [3.63, 3.8) is 0 Å². The van der Waals surface area contributed by atoms with Crippen LogP contribution in [-0.2, 0) is 42.9 Å². The van der Waals surface area contributed by atoms with Crippen molar-refractivity contribution in [2.24, 2.45) is 11.7 Å². The van der Waals surface area contributed by atoms with Gasteiger partial charge in [0.15, 0.2) is 11.5 Å². The first-order chi connectivity index (χ1) is 44.4. The summed E-state index contributed by atoms with van der Waals surface area (Å²) in [5, 5.41) is 125. The number of fused-ring (bicyclic) bond motifs is 2. The van der Waals surface area contributed by atoms with Gasteiger partial charge in [0.2, 0.25) is 41.4 Å². The number of rotatable bonds is 21. The Labute approximate surface area is 566 Å². The molecule has 3 aliphatic rings. The zero-order valence-corrected chi connectivity index (χ0v) is 54.3. The van der Waals surface area contributed by atoms with Crippen LogP contribution in [0.25, 0.3) is 21.1 Å². The third-order valence-corrected chi connectivity index (χ3v) is 16.8. The Kier molecular flexibility index (Phi) is 26.8. The molecule has 4 aromatic carbocycles. The molecule has 35 heteroatoms. The monoisotopic (exact) mass is 1360 g/mol. The topological polar surface area (TPSA) is 486 Å². The van der Waals surface area contributed by atoms with Crippen molar-refractivity contribution in [1.82, 2.24) is 46.6 Å². The molecule has 0 saturated carbocycles. The third-order valence-electron chi connectivity index (χ3n) is 15.4. The largest absolute Gasteiger partial charge is 1.00 e. The van der Waals surface area contributed by atoms with E-state index in [0.717, 1.165) is 41.3 Å². The number of nitrogens with two attached hydrogens (primary N) is 1. The number of aliphatic hydroxyl groups excluding tert-OH is 7. The van der Waals surface area contributed by atoms with Gasteiger partial charge in [-0.15, -0.1) is 14.5 Å². The van der Waals surface area contributed by atoms with Crippen LogP contribution in [0.4, 0.5) is 0 Å². The molecular formula is C59H69N10NaO22S2. The van der Waals surface area contributed by atoms with Gasteiger partial charge in [0.25, 0.3) is 18.2 Å². The molecule has 3 aliphatic heterocycles. The second kappa shape index (κ2) is 34.1. The van der Waals surface area contributed by atoms with E-state index in [1.165, 1.54) is 30.4 Å². The molecule has 5 aromatic rings. The average molecular weight is 1360 g/mol. The molecule has 4 heterocycles. The molecular weight excluding hydrogens is 1290 g/mol. The van der Waals surface area contributed by atoms with Crippen molar-refractivity contribution in [3.8, 4) is 44.1 Å². The SMILES string of the molecule is CC(O)C1NC(=O)[C@@H](NC(=O)c2ccc(-c3nnc(-c4ccc(OCCCOc5ccccc5)cc4)s3)cc2)CC(O)CNC(=O)C2C(O)C(C)CN2C(=O)C(C(O)CC(N)=O)NC(=O)C(C(O)C(O)c2ccc(O)c(OSOO[O-])c2)NC(=O)C2CC(O)CN2C1=O.[Na+].